The van der Waals surface area contributed by atoms with Crippen LogP contribution in [0.4, 0.5) is 5.69 Å². The fourth-order valence-corrected chi connectivity index (χ4v) is 4.85. The van der Waals surface area contributed by atoms with Gasteiger partial charge in [-0.2, -0.15) is 4.68 Å². The summed E-state index contributed by atoms with van der Waals surface area (Å²) in [6.45, 7) is 2.02. The fourth-order valence-electron chi connectivity index (χ4n) is 3.33. The smallest absolute Gasteiger partial charge is 0.264 e. The summed E-state index contributed by atoms with van der Waals surface area (Å²) in [6, 6.07) is 23.0. The van der Waals surface area contributed by atoms with Crippen molar-refractivity contribution in [3.63, 3.8) is 0 Å². The second-order valence-electron chi connectivity index (χ2n) is 7.15. The number of fused-ring (bicyclic) bond motifs is 1. The van der Waals surface area contributed by atoms with Crippen molar-refractivity contribution >= 4 is 26.7 Å². The van der Waals surface area contributed by atoms with E-state index in [1.165, 1.54) is 4.31 Å². The van der Waals surface area contributed by atoms with Gasteiger partial charge in [-0.05, 0) is 43.3 Å². The molecule has 0 aliphatic rings. The van der Waals surface area contributed by atoms with Crippen molar-refractivity contribution in [2.45, 2.75) is 24.5 Å². The topological polar surface area (TPSA) is 90.2 Å². The Morgan fingerprint density at radius 2 is 1.67 bits per heavy atom. The molecule has 0 aliphatic heterocycles. The molecule has 30 heavy (non-hydrogen) atoms. The summed E-state index contributed by atoms with van der Waals surface area (Å²) in [7, 11) is -3.85. The molecule has 8 heteroatoms. The van der Waals surface area contributed by atoms with Crippen LogP contribution in [-0.2, 0) is 16.6 Å². The number of benzene rings is 3. The minimum atomic E-state index is -3.85. The number of hydrogen-bond donors (Lipinski definition) is 2. The van der Waals surface area contributed by atoms with Gasteiger partial charge < -0.3 is 5.11 Å². The van der Waals surface area contributed by atoms with Gasteiger partial charge in [-0.3, -0.25) is 4.31 Å². The average molecular weight is 424 g/mol. The normalized spacial score (nSPS) is 12.7. The molecule has 0 bridgehead atoms. The number of para-hydroxylation sites is 2. The number of aliphatic hydroxyl groups is 1. The predicted octanol–water partition coefficient (Wildman–Crippen LogP) is 2.42. The van der Waals surface area contributed by atoms with E-state index in [0.29, 0.717) is 5.69 Å². The van der Waals surface area contributed by atoms with E-state index in [2.05, 4.69) is 10.3 Å². The van der Waals surface area contributed by atoms with Crippen molar-refractivity contribution in [3.05, 3.63) is 84.4 Å². The van der Waals surface area contributed by atoms with Gasteiger partial charge in [0.15, 0.2) is 0 Å². The standard InChI is InChI=1S/C22H22N4O3S/c1-17-11-13-18(14-12-17)26(30(28,29)20-7-3-2-4-8-20)16-19(27)15-25-22-10-6-5-9-21(22)23-24-25/h2-14,19,27H,15-16H2,1H3/p+1. The highest BCUT2D eigenvalue weighted by atomic mass is 32.2. The van der Waals surface area contributed by atoms with Crippen LogP contribution in [0.15, 0.2) is 83.8 Å². The van der Waals surface area contributed by atoms with Gasteiger partial charge in [0.05, 0.1) is 17.1 Å². The van der Waals surface area contributed by atoms with E-state index in [9.17, 15) is 13.5 Å². The van der Waals surface area contributed by atoms with Crippen molar-refractivity contribution in [3.8, 4) is 0 Å². The monoisotopic (exact) mass is 423 g/mol. The number of aryl methyl sites for hydroxylation is 1. The highest BCUT2D eigenvalue weighted by Crippen LogP contribution is 2.24. The molecule has 0 amide bonds. The minimum absolute atomic E-state index is 0.0966. The summed E-state index contributed by atoms with van der Waals surface area (Å²) < 4.78 is 29.7. The molecule has 154 valence electrons. The largest absolute Gasteiger partial charge is 0.387 e. The number of rotatable bonds is 7. The van der Waals surface area contributed by atoms with Gasteiger partial charge in [0, 0.05) is 5.10 Å². The minimum Gasteiger partial charge on any atom is -0.387 e. The SMILES string of the molecule is Cc1ccc(N(CC(O)C[n+]2[nH]nc3ccccc32)S(=O)(=O)c2ccccc2)cc1. The van der Waals surface area contributed by atoms with E-state index in [-0.39, 0.29) is 18.0 Å². The Morgan fingerprint density at radius 1 is 1.00 bits per heavy atom. The highest BCUT2D eigenvalue weighted by Gasteiger charge is 2.28. The molecule has 0 saturated heterocycles. The maximum atomic E-state index is 13.4. The first-order chi connectivity index (χ1) is 14.4. The molecular formula is C22H23N4O3S+. The third kappa shape index (κ3) is 4.05. The average Bonchev–Trinajstić information content (AvgIpc) is 3.16. The zero-order chi connectivity index (χ0) is 21.1. The molecule has 1 aromatic heterocycles. The predicted molar refractivity (Wildman–Crippen MR) is 114 cm³/mol. The number of sulfonamides is 1. The molecular weight excluding hydrogens is 400 g/mol. The summed E-state index contributed by atoms with van der Waals surface area (Å²) in [5, 5.41) is 17.9. The van der Waals surface area contributed by atoms with Crippen molar-refractivity contribution in [2.75, 3.05) is 10.8 Å². The molecule has 1 heterocycles. The summed E-state index contributed by atoms with van der Waals surface area (Å²) in [6.07, 6.45) is -0.960. The third-order valence-electron chi connectivity index (χ3n) is 4.89. The van der Waals surface area contributed by atoms with Crippen molar-refractivity contribution in [1.82, 2.24) is 10.3 Å². The number of aliphatic hydroxyl groups excluding tert-OH is 1. The Hall–Kier alpha value is -3.23. The number of H-pyrrole nitrogens is 1. The van der Waals surface area contributed by atoms with Crippen molar-refractivity contribution in [2.24, 2.45) is 0 Å². The number of nitrogens with one attached hydrogen (secondary N) is 1. The summed E-state index contributed by atoms with van der Waals surface area (Å²) >= 11 is 0. The number of hydrogen-bond acceptors (Lipinski definition) is 4. The third-order valence-corrected chi connectivity index (χ3v) is 6.69. The first kappa shape index (κ1) is 20.1. The number of aromatic nitrogens is 3. The van der Waals surface area contributed by atoms with Crippen LogP contribution in [0.25, 0.3) is 11.0 Å². The second-order valence-corrected chi connectivity index (χ2v) is 9.01. The van der Waals surface area contributed by atoms with Crippen molar-refractivity contribution < 1.29 is 18.2 Å². The molecule has 3 aromatic carbocycles. The van der Waals surface area contributed by atoms with E-state index in [1.807, 2.05) is 43.3 Å². The van der Waals surface area contributed by atoms with Crippen LogP contribution < -0.4 is 8.99 Å². The van der Waals surface area contributed by atoms with Gasteiger partial charge in [-0.15, -0.1) is 0 Å². The van der Waals surface area contributed by atoms with Crippen LogP contribution >= 0.6 is 0 Å². The lowest BCUT2D eigenvalue weighted by Crippen LogP contribution is -2.47. The fraction of sp³-hybridized carbons (Fsp3) is 0.182. The Bertz CT molecular complexity index is 1240. The summed E-state index contributed by atoms with van der Waals surface area (Å²) in [5.74, 6) is 0. The maximum Gasteiger partial charge on any atom is 0.264 e. The number of aromatic amines is 1. The Labute approximate surface area is 175 Å². The van der Waals surface area contributed by atoms with E-state index in [1.54, 1.807) is 47.1 Å². The Morgan fingerprint density at radius 3 is 2.40 bits per heavy atom. The van der Waals surface area contributed by atoms with Gasteiger partial charge in [0.25, 0.3) is 10.0 Å². The van der Waals surface area contributed by atoms with Gasteiger partial charge in [-0.25, -0.2) is 8.42 Å². The van der Waals surface area contributed by atoms with E-state index in [0.717, 1.165) is 16.6 Å². The van der Waals surface area contributed by atoms with E-state index in [4.69, 9.17) is 0 Å². The lowest BCUT2D eigenvalue weighted by Gasteiger charge is -2.26. The maximum absolute atomic E-state index is 13.4. The van der Waals surface area contributed by atoms with Gasteiger partial charge >= 0.3 is 0 Å². The van der Waals surface area contributed by atoms with Crippen LogP contribution in [0.1, 0.15) is 5.56 Å². The summed E-state index contributed by atoms with van der Waals surface area (Å²) in [5.41, 5.74) is 3.14. The van der Waals surface area contributed by atoms with Crippen LogP contribution in [0.2, 0.25) is 0 Å². The lowest BCUT2D eigenvalue weighted by atomic mass is 10.2. The van der Waals surface area contributed by atoms with E-state index < -0.39 is 16.1 Å². The van der Waals surface area contributed by atoms with Gasteiger partial charge in [-0.1, -0.05) is 53.2 Å². The van der Waals surface area contributed by atoms with E-state index >= 15 is 0 Å². The lowest BCUT2D eigenvalue weighted by molar-refractivity contribution is -0.736. The molecule has 0 aliphatic carbocycles. The second kappa shape index (κ2) is 8.25. The van der Waals surface area contributed by atoms with Gasteiger partial charge in [0.1, 0.15) is 12.6 Å². The molecule has 1 atom stereocenters. The Balaban J connectivity index is 1.65. The molecule has 4 aromatic rings. The zero-order valence-electron chi connectivity index (χ0n) is 16.5. The molecule has 0 saturated carbocycles. The molecule has 0 fully saturated rings. The quantitative estimate of drug-likeness (QED) is 0.447. The Kier molecular flexibility index (Phi) is 5.52. The van der Waals surface area contributed by atoms with Crippen LogP contribution in [0, 0.1) is 6.92 Å². The number of anilines is 1. The molecule has 7 nitrogen and oxygen atoms in total. The molecule has 2 N–H and O–H groups in total. The molecule has 1 unspecified atom stereocenters. The molecule has 0 radical (unpaired) electrons. The van der Waals surface area contributed by atoms with Crippen LogP contribution in [0.3, 0.4) is 0 Å². The first-order valence-corrected chi connectivity index (χ1v) is 11.0. The van der Waals surface area contributed by atoms with Crippen LogP contribution in [0.5, 0.6) is 0 Å². The zero-order valence-corrected chi connectivity index (χ0v) is 17.3. The molecule has 0 spiro atoms. The van der Waals surface area contributed by atoms with Crippen LogP contribution in [-0.4, -0.2) is 36.5 Å². The van der Waals surface area contributed by atoms with Gasteiger partial charge in [0.2, 0.25) is 11.0 Å². The highest BCUT2D eigenvalue weighted by molar-refractivity contribution is 7.92. The number of nitrogens with zero attached hydrogens (tertiary/aromatic N) is 3. The molecule has 4 rings (SSSR count). The van der Waals surface area contributed by atoms with Crippen molar-refractivity contribution in [1.29, 1.82) is 0 Å². The first-order valence-electron chi connectivity index (χ1n) is 9.60. The summed E-state index contributed by atoms with van der Waals surface area (Å²) in [4.78, 5) is 0.178.